The number of hydrogen-bond acceptors (Lipinski definition) is 3. The summed E-state index contributed by atoms with van der Waals surface area (Å²) in [5, 5.41) is 3.03. The van der Waals surface area contributed by atoms with E-state index in [1.165, 1.54) is 0 Å². The van der Waals surface area contributed by atoms with Crippen LogP contribution in [0.2, 0.25) is 0 Å². The highest BCUT2D eigenvalue weighted by Crippen LogP contribution is 2.15. The van der Waals surface area contributed by atoms with Crippen LogP contribution in [0, 0.1) is 0 Å². The van der Waals surface area contributed by atoms with E-state index < -0.39 is 0 Å². The zero-order valence-electron chi connectivity index (χ0n) is 12.5. The van der Waals surface area contributed by atoms with Gasteiger partial charge in [-0.1, -0.05) is 42.5 Å². The molecule has 0 fully saturated rings. The summed E-state index contributed by atoms with van der Waals surface area (Å²) in [5.74, 6) is 0.994. The number of likely N-dealkylation sites (N-methyl/N-ethyl adjacent to an activating group) is 1. The number of benzene rings is 2. The van der Waals surface area contributed by atoms with Gasteiger partial charge in [-0.25, -0.2) is 0 Å². The largest absolute Gasteiger partial charge is 0.489 e. The number of ether oxygens (including phenoxy) is 1. The van der Waals surface area contributed by atoms with Crippen molar-refractivity contribution in [2.45, 2.75) is 26.0 Å². The molecule has 0 spiro atoms. The molecule has 0 radical (unpaired) electrons. The Balaban J connectivity index is 1.91. The van der Waals surface area contributed by atoms with Gasteiger partial charge in [-0.3, -0.25) is 4.79 Å². The zero-order valence-corrected chi connectivity index (χ0v) is 12.5. The molecular formula is C18H21NO2. The van der Waals surface area contributed by atoms with Gasteiger partial charge < -0.3 is 10.1 Å². The Labute approximate surface area is 126 Å². The fraction of sp³-hybridized carbons (Fsp3) is 0.278. The second kappa shape index (κ2) is 7.60. The Morgan fingerprint density at radius 2 is 1.71 bits per heavy atom. The van der Waals surface area contributed by atoms with E-state index in [1.54, 1.807) is 6.92 Å². The maximum Gasteiger partial charge on any atom is 0.147 e. The lowest BCUT2D eigenvalue weighted by Gasteiger charge is -2.13. The van der Waals surface area contributed by atoms with Crippen LogP contribution in [0.25, 0.3) is 0 Å². The summed E-state index contributed by atoms with van der Waals surface area (Å²) in [6.07, 6.45) is 0.699. The van der Waals surface area contributed by atoms with Gasteiger partial charge in [-0.05, 0) is 43.7 Å². The summed E-state index contributed by atoms with van der Waals surface area (Å²) in [4.78, 5) is 11.4. The van der Waals surface area contributed by atoms with Crippen molar-refractivity contribution in [1.82, 2.24) is 5.32 Å². The van der Waals surface area contributed by atoms with Crippen molar-refractivity contribution in [2.24, 2.45) is 0 Å². The molecule has 0 aliphatic heterocycles. The minimum absolute atomic E-state index is 0.124. The van der Waals surface area contributed by atoms with Crippen molar-refractivity contribution in [3.8, 4) is 5.75 Å². The maximum atomic E-state index is 11.4. The molecule has 21 heavy (non-hydrogen) atoms. The van der Waals surface area contributed by atoms with Crippen molar-refractivity contribution in [1.29, 1.82) is 0 Å². The lowest BCUT2D eigenvalue weighted by Crippen LogP contribution is -2.34. The van der Waals surface area contributed by atoms with Crippen LogP contribution in [0.1, 0.15) is 18.1 Å². The molecule has 3 nitrogen and oxygen atoms in total. The Hall–Kier alpha value is -2.13. The molecule has 110 valence electrons. The molecule has 2 aromatic carbocycles. The van der Waals surface area contributed by atoms with Crippen molar-refractivity contribution < 1.29 is 9.53 Å². The third-order valence-electron chi connectivity index (χ3n) is 3.45. The summed E-state index contributed by atoms with van der Waals surface area (Å²) in [7, 11) is 1.81. The van der Waals surface area contributed by atoms with Crippen LogP contribution >= 0.6 is 0 Å². The van der Waals surface area contributed by atoms with Gasteiger partial charge in [0, 0.05) is 0 Å². The van der Waals surface area contributed by atoms with E-state index in [-0.39, 0.29) is 11.8 Å². The molecule has 1 N–H and O–H groups in total. The van der Waals surface area contributed by atoms with Gasteiger partial charge in [0.05, 0.1) is 6.04 Å². The van der Waals surface area contributed by atoms with E-state index in [4.69, 9.17) is 4.74 Å². The lowest BCUT2D eigenvalue weighted by molar-refractivity contribution is -0.118. The molecular weight excluding hydrogens is 262 g/mol. The number of carbonyl (C=O) groups is 1. The topological polar surface area (TPSA) is 38.3 Å². The summed E-state index contributed by atoms with van der Waals surface area (Å²) < 4.78 is 5.74. The molecule has 0 saturated carbocycles. The van der Waals surface area contributed by atoms with E-state index in [9.17, 15) is 4.79 Å². The van der Waals surface area contributed by atoms with Crippen LogP contribution in [0.15, 0.2) is 54.6 Å². The van der Waals surface area contributed by atoms with E-state index in [1.807, 2.05) is 61.6 Å². The first-order chi connectivity index (χ1) is 10.2. The maximum absolute atomic E-state index is 11.4. The smallest absolute Gasteiger partial charge is 0.147 e. The van der Waals surface area contributed by atoms with Crippen LogP contribution in [0.3, 0.4) is 0 Å². The highest BCUT2D eigenvalue weighted by Gasteiger charge is 2.11. The average Bonchev–Trinajstić information content (AvgIpc) is 2.52. The van der Waals surface area contributed by atoms with Gasteiger partial charge in [-0.2, -0.15) is 0 Å². The van der Waals surface area contributed by atoms with Crippen LogP contribution in [-0.4, -0.2) is 18.9 Å². The summed E-state index contributed by atoms with van der Waals surface area (Å²) in [6.45, 7) is 2.17. The Morgan fingerprint density at radius 1 is 1.05 bits per heavy atom. The van der Waals surface area contributed by atoms with Gasteiger partial charge in [0.2, 0.25) is 0 Å². The van der Waals surface area contributed by atoms with Crippen molar-refractivity contribution in [3.63, 3.8) is 0 Å². The molecule has 0 aromatic heterocycles. The molecule has 0 saturated heterocycles. The zero-order chi connectivity index (χ0) is 15.1. The SMILES string of the molecule is CN[C@H](Cc1ccc(OCc2ccccc2)cc1)C(C)=O. The van der Waals surface area contributed by atoms with Crippen molar-refractivity contribution >= 4 is 5.78 Å². The van der Waals surface area contributed by atoms with Crippen LogP contribution < -0.4 is 10.1 Å². The first-order valence-electron chi connectivity index (χ1n) is 7.12. The Morgan fingerprint density at radius 3 is 2.29 bits per heavy atom. The fourth-order valence-corrected chi connectivity index (χ4v) is 2.15. The molecule has 0 bridgehead atoms. The molecule has 0 aliphatic carbocycles. The van der Waals surface area contributed by atoms with Crippen molar-refractivity contribution in [2.75, 3.05) is 7.05 Å². The number of Topliss-reactive ketones (excluding diaryl/α,β-unsaturated/α-hetero) is 1. The van der Waals surface area contributed by atoms with Crippen LogP contribution in [-0.2, 0) is 17.8 Å². The summed E-state index contributed by atoms with van der Waals surface area (Å²) in [6, 6.07) is 17.9. The number of ketones is 1. The number of hydrogen-bond donors (Lipinski definition) is 1. The normalized spacial score (nSPS) is 11.9. The standard InChI is InChI=1S/C18H21NO2/c1-14(20)18(19-2)12-15-8-10-17(11-9-15)21-13-16-6-4-3-5-7-16/h3-11,18-19H,12-13H2,1-2H3/t18-/m1/s1. The first kappa shape index (κ1) is 15.3. The minimum atomic E-state index is -0.124. The molecule has 0 aliphatic rings. The molecule has 3 heteroatoms. The van der Waals surface area contributed by atoms with E-state index >= 15 is 0 Å². The number of rotatable bonds is 7. The molecule has 0 amide bonds. The predicted octanol–water partition coefficient (Wildman–Crippen LogP) is 2.99. The van der Waals surface area contributed by atoms with Gasteiger partial charge >= 0.3 is 0 Å². The monoisotopic (exact) mass is 283 g/mol. The third kappa shape index (κ3) is 4.72. The quantitative estimate of drug-likeness (QED) is 0.849. The molecule has 2 aromatic rings. The van der Waals surface area contributed by atoms with E-state index in [2.05, 4.69) is 5.32 Å². The third-order valence-corrected chi connectivity index (χ3v) is 3.45. The second-order valence-electron chi connectivity index (χ2n) is 5.07. The Bertz CT molecular complexity index is 564. The second-order valence-corrected chi connectivity index (χ2v) is 5.07. The van der Waals surface area contributed by atoms with Crippen LogP contribution in [0.5, 0.6) is 5.75 Å². The molecule has 0 heterocycles. The molecule has 1 atom stereocenters. The lowest BCUT2D eigenvalue weighted by atomic mass is 10.0. The average molecular weight is 283 g/mol. The highest BCUT2D eigenvalue weighted by atomic mass is 16.5. The highest BCUT2D eigenvalue weighted by molar-refractivity contribution is 5.81. The number of carbonyl (C=O) groups excluding carboxylic acids is 1. The van der Waals surface area contributed by atoms with Gasteiger partial charge in [0.15, 0.2) is 0 Å². The minimum Gasteiger partial charge on any atom is -0.489 e. The summed E-state index contributed by atoms with van der Waals surface area (Å²) >= 11 is 0. The Kier molecular flexibility index (Phi) is 5.52. The van der Waals surface area contributed by atoms with Crippen molar-refractivity contribution in [3.05, 3.63) is 65.7 Å². The van der Waals surface area contributed by atoms with Gasteiger partial charge in [0.1, 0.15) is 18.1 Å². The van der Waals surface area contributed by atoms with Gasteiger partial charge in [-0.15, -0.1) is 0 Å². The first-order valence-corrected chi connectivity index (χ1v) is 7.12. The van der Waals surface area contributed by atoms with E-state index in [0.717, 1.165) is 16.9 Å². The summed E-state index contributed by atoms with van der Waals surface area (Å²) in [5.41, 5.74) is 2.27. The fourth-order valence-electron chi connectivity index (χ4n) is 2.15. The number of nitrogens with one attached hydrogen (secondary N) is 1. The predicted molar refractivity (Wildman–Crippen MR) is 84.4 cm³/mol. The molecule has 2 rings (SSSR count). The van der Waals surface area contributed by atoms with E-state index in [0.29, 0.717) is 13.0 Å². The van der Waals surface area contributed by atoms with Crippen LogP contribution in [0.4, 0.5) is 0 Å². The van der Waals surface area contributed by atoms with Gasteiger partial charge in [0.25, 0.3) is 0 Å². The molecule has 0 unspecified atom stereocenters.